The van der Waals surface area contributed by atoms with Crippen molar-refractivity contribution < 1.29 is 57.1 Å². The number of methoxy groups -OCH3 is 1. The molecule has 7 rings (SSSR count). The minimum absolute atomic E-state index is 0.0457. The van der Waals surface area contributed by atoms with Crippen LogP contribution in [0.1, 0.15) is 91.7 Å². The second kappa shape index (κ2) is 9.64. The quantitative estimate of drug-likeness (QED) is 0.224. The summed E-state index contributed by atoms with van der Waals surface area (Å²) in [6.07, 6.45) is 2.09. The number of aliphatic hydroxyl groups is 1. The number of rotatable bonds is 10. The van der Waals surface area contributed by atoms with Gasteiger partial charge in [0.15, 0.2) is 6.10 Å². The van der Waals surface area contributed by atoms with Crippen LogP contribution in [0.15, 0.2) is 23.0 Å². The van der Waals surface area contributed by atoms with Gasteiger partial charge in [-0.2, -0.15) is 0 Å². The maximum atomic E-state index is 13.9. The molecular weight excluding hydrogens is 600 g/mol. The van der Waals surface area contributed by atoms with Crippen molar-refractivity contribution in [2.75, 3.05) is 7.11 Å². The molecule has 12 heteroatoms. The van der Waals surface area contributed by atoms with Gasteiger partial charge in [0.1, 0.15) is 34.3 Å². The standard InChI is InChI=1S/C34H44O12/c1-18(2)23(37)12-22-21(26(43-19(3)36)20-9-11-41-14-20)8-10-32-29(5)24(13-25(38)40-7)28(4)15-31(39)27(42-17-35)34(22,32)46-30(6,44-32)45-33(29,31)16-28/h9,11,14,17-18,21-22,24,26-27,39H,8,10,12-13,15-16H2,1-7H3. The minimum Gasteiger partial charge on any atom is -0.472 e. The first-order valence-corrected chi connectivity index (χ1v) is 16.2. The Morgan fingerprint density at radius 2 is 1.80 bits per heavy atom. The average molecular weight is 645 g/mol. The van der Waals surface area contributed by atoms with Crippen LogP contribution in [0.5, 0.6) is 0 Å². The lowest BCUT2D eigenvalue weighted by Gasteiger charge is -2.75. The number of furan rings is 1. The normalized spacial score (nSPS) is 48.2. The van der Waals surface area contributed by atoms with Crippen molar-refractivity contribution >= 4 is 24.2 Å². The topological polar surface area (TPSA) is 157 Å². The highest BCUT2D eigenvalue weighted by molar-refractivity contribution is 5.81. The third-order valence-electron chi connectivity index (χ3n) is 13.1. The summed E-state index contributed by atoms with van der Waals surface area (Å²) in [5.74, 6) is -4.77. The van der Waals surface area contributed by atoms with E-state index < -0.39 is 75.2 Å². The lowest BCUT2D eigenvalue weighted by atomic mass is 9.35. The summed E-state index contributed by atoms with van der Waals surface area (Å²) in [6, 6.07) is 1.71. The first kappa shape index (κ1) is 31.8. The lowest BCUT2D eigenvalue weighted by molar-refractivity contribution is -0.470. The summed E-state index contributed by atoms with van der Waals surface area (Å²) in [4.78, 5) is 52.0. The maximum Gasteiger partial charge on any atom is 0.305 e. The third-order valence-corrected chi connectivity index (χ3v) is 13.1. The molecule has 6 fully saturated rings. The molecule has 4 aliphatic carbocycles. The van der Waals surface area contributed by atoms with E-state index >= 15 is 0 Å². The number of ether oxygens (including phenoxy) is 6. The molecule has 12 nitrogen and oxygen atoms in total. The highest BCUT2D eigenvalue weighted by Gasteiger charge is 3.00. The van der Waals surface area contributed by atoms with Crippen molar-refractivity contribution in [3.05, 3.63) is 24.2 Å². The van der Waals surface area contributed by atoms with Gasteiger partial charge in [-0.3, -0.25) is 19.2 Å². The number of carbonyl (C=O) groups is 4. The van der Waals surface area contributed by atoms with Crippen LogP contribution in [-0.2, 0) is 47.6 Å². The van der Waals surface area contributed by atoms with E-state index in [0.717, 1.165) is 0 Å². The molecule has 4 saturated carbocycles. The van der Waals surface area contributed by atoms with E-state index in [2.05, 4.69) is 0 Å². The second-order valence-corrected chi connectivity index (χ2v) is 15.4. The highest BCUT2D eigenvalue weighted by atomic mass is 16.9. The predicted molar refractivity (Wildman–Crippen MR) is 155 cm³/mol. The zero-order valence-electron chi connectivity index (χ0n) is 27.5. The van der Waals surface area contributed by atoms with Crippen molar-refractivity contribution in [3.8, 4) is 0 Å². The van der Waals surface area contributed by atoms with Gasteiger partial charge < -0.3 is 37.9 Å². The van der Waals surface area contributed by atoms with Crippen molar-refractivity contribution in [1.82, 2.24) is 0 Å². The maximum absolute atomic E-state index is 13.9. The van der Waals surface area contributed by atoms with E-state index in [9.17, 15) is 24.3 Å². The summed E-state index contributed by atoms with van der Waals surface area (Å²) in [7, 11) is 1.35. The summed E-state index contributed by atoms with van der Waals surface area (Å²) in [6.45, 7) is 10.9. The molecule has 46 heavy (non-hydrogen) atoms. The van der Waals surface area contributed by atoms with Crippen LogP contribution in [0.25, 0.3) is 0 Å². The summed E-state index contributed by atoms with van der Waals surface area (Å²) >= 11 is 0. The molecule has 4 bridgehead atoms. The van der Waals surface area contributed by atoms with E-state index in [0.29, 0.717) is 31.3 Å². The summed E-state index contributed by atoms with van der Waals surface area (Å²) < 4.78 is 43.6. The third kappa shape index (κ3) is 3.44. The molecule has 3 heterocycles. The van der Waals surface area contributed by atoms with Crippen LogP contribution < -0.4 is 0 Å². The second-order valence-electron chi connectivity index (χ2n) is 15.4. The molecule has 12 atom stereocenters. The van der Waals surface area contributed by atoms with Gasteiger partial charge in [-0.25, -0.2) is 0 Å². The van der Waals surface area contributed by atoms with Gasteiger partial charge in [-0.15, -0.1) is 0 Å². The molecule has 2 saturated heterocycles. The number of fused-ring (bicyclic) bond motifs is 2. The molecule has 6 aliphatic rings. The number of ketones is 1. The predicted octanol–water partition coefficient (Wildman–Crippen LogP) is 3.78. The number of hydrogen-bond acceptors (Lipinski definition) is 12. The van der Waals surface area contributed by atoms with Gasteiger partial charge in [-0.1, -0.05) is 27.7 Å². The molecule has 1 aromatic heterocycles. The molecule has 2 spiro atoms. The van der Waals surface area contributed by atoms with Crippen molar-refractivity contribution in [2.45, 2.75) is 121 Å². The van der Waals surface area contributed by atoms with Crippen LogP contribution in [0.2, 0.25) is 0 Å². The van der Waals surface area contributed by atoms with Crippen molar-refractivity contribution in [3.63, 3.8) is 0 Å². The van der Waals surface area contributed by atoms with Crippen LogP contribution in [0, 0.1) is 34.5 Å². The first-order chi connectivity index (χ1) is 21.5. The molecule has 0 radical (unpaired) electrons. The molecular formula is C34H44O12. The van der Waals surface area contributed by atoms with Gasteiger partial charge in [0, 0.05) is 55.4 Å². The largest absolute Gasteiger partial charge is 0.472 e. The molecule has 252 valence electrons. The molecule has 0 amide bonds. The van der Waals surface area contributed by atoms with Gasteiger partial charge >= 0.3 is 11.9 Å². The van der Waals surface area contributed by atoms with E-state index in [1.807, 2.05) is 27.7 Å². The van der Waals surface area contributed by atoms with Crippen LogP contribution in [-0.4, -0.2) is 70.9 Å². The Labute approximate surface area is 267 Å². The van der Waals surface area contributed by atoms with E-state index in [1.165, 1.54) is 26.6 Å². The molecule has 1 N–H and O–H groups in total. The van der Waals surface area contributed by atoms with Crippen molar-refractivity contribution in [1.29, 1.82) is 0 Å². The monoisotopic (exact) mass is 644 g/mol. The fourth-order valence-corrected chi connectivity index (χ4v) is 11.9. The van der Waals surface area contributed by atoms with Crippen molar-refractivity contribution in [2.24, 2.45) is 34.5 Å². The molecule has 2 aliphatic heterocycles. The molecule has 0 aromatic carbocycles. The fourth-order valence-electron chi connectivity index (χ4n) is 11.9. The van der Waals surface area contributed by atoms with Gasteiger partial charge in [0.05, 0.1) is 19.6 Å². The minimum atomic E-state index is -1.78. The zero-order valence-corrected chi connectivity index (χ0v) is 27.5. The van der Waals surface area contributed by atoms with Crippen LogP contribution >= 0.6 is 0 Å². The van der Waals surface area contributed by atoms with Crippen LogP contribution in [0.4, 0.5) is 0 Å². The van der Waals surface area contributed by atoms with Gasteiger partial charge in [-0.05, 0) is 43.1 Å². The number of esters is 2. The average Bonchev–Trinajstić information content (AvgIpc) is 3.68. The zero-order chi connectivity index (χ0) is 33.3. The number of carbonyl (C=O) groups excluding carboxylic acids is 4. The number of hydrogen-bond donors (Lipinski definition) is 1. The molecule has 12 unspecified atom stereocenters. The van der Waals surface area contributed by atoms with E-state index in [-0.39, 0.29) is 36.9 Å². The Balaban J connectivity index is 1.52. The van der Waals surface area contributed by atoms with Gasteiger partial charge in [0.25, 0.3) is 12.4 Å². The van der Waals surface area contributed by atoms with Gasteiger partial charge in [0.2, 0.25) is 0 Å². The smallest absolute Gasteiger partial charge is 0.305 e. The van der Waals surface area contributed by atoms with E-state index in [1.54, 1.807) is 13.0 Å². The Hall–Kier alpha value is -2.80. The number of Topliss-reactive ketones (excluding diaryl/α,β-unsaturated/α-hetero) is 1. The summed E-state index contributed by atoms with van der Waals surface area (Å²) in [5.41, 5.74) is -7.13. The Bertz CT molecular complexity index is 1470. The van der Waals surface area contributed by atoms with E-state index in [4.69, 9.17) is 32.8 Å². The fraction of sp³-hybridized carbons (Fsp3) is 0.765. The highest BCUT2D eigenvalue weighted by Crippen LogP contribution is 2.88. The molecule has 1 aromatic rings. The Morgan fingerprint density at radius 1 is 1.09 bits per heavy atom. The van der Waals surface area contributed by atoms with Crippen LogP contribution in [0.3, 0.4) is 0 Å². The Kier molecular flexibility index (Phi) is 6.66. The first-order valence-electron chi connectivity index (χ1n) is 16.2. The Morgan fingerprint density at radius 3 is 2.41 bits per heavy atom. The lowest BCUT2D eigenvalue weighted by Crippen LogP contribution is -2.90. The summed E-state index contributed by atoms with van der Waals surface area (Å²) in [5, 5.41) is 13.2. The SMILES string of the molecule is COC(=O)CC1C2(C)CC3(O)C(OC=O)C45OC6(C)OC3(C2)C1(C)C4(CCC(C(OC(C)=O)c1ccoc1)C5CC(=O)C(C)C)O6.